The average molecular weight is 546 g/mol. The maximum atomic E-state index is 11.8. The molecule has 2 aromatic heterocycles. The first kappa shape index (κ1) is 24.9. The Hall–Kier alpha value is -3.46. The molecular weight excluding hydrogens is 518 g/mol. The number of aliphatic carboxylic acids is 1. The van der Waals surface area contributed by atoms with Crippen LogP contribution in [0.2, 0.25) is 5.02 Å². The van der Waals surface area contributed by atoms with E-state index in [4.69, 9.17) is 16.6 Å². The zero-order chi connectivity index (χ0) is 26.6. The summed E-state index contributed by atoms with van der Waals surface area (Å²) in [6.45, 7) is 4.58. The number of benzene rings is 3. The van der Waals surface area contributed by atoms with E-state index >= 15 is 0 Å². The van der Waals surface area contributed by atoms with Crippen LogP contribution in [-0.2, 0) is 18.3 Å². The topological polar surface area (TPSA) is 74.5 Å². The Morgan fingerprint density at radius 3 is 2.68 bits per heavy atom. The maximum Gasteiger partial charge on any atom is 0.307 e. The van der Waals surface area contributed by atoms with Crippen LogP contribution in [-0.4, -0.2) is 57.4 Å². The first-order chi connectivity index (χ1) is 18.3. The third-order valence-electron chi connectivity index (χ3n) is 7.53. The Bertz CT molecular complexity index is 1680. The molecule has 3 heterocycles. The molecule has 0 unspecified atom stereocenters. The number of anilines is 1. The molecule has 1 fully saturated rings. The summed E-state index contributed by atoms with van der Waals surface area (Å²) in [7, 11) is 4.14. The number of carbonyl (C=O) groups is 1. The lowest BCUT2D eigenvalue weighted by Gasteiger charge is -2.39. The predicted molar refractivity (Wildman–Crippen MR) is 154 cm³/mol. The van der Waals surface area contributed by atoms with Gasteiger partial charge in [0.25, 0.3) is 0 Å². The number of hydrogen-bond donors (Lipinski definition) is 1. The smallest absolute Gasteiger partial charge is 0.307 e. The van der Waals surface area contributed by atoms with E-state index in [2.05, 4.69) is 40.1 Å². The quantitative estimate of drug-likeness (QED) is 0.295. The van der Waals surface area contributed by atoms with Crippen LogP contribution >= 0.6 is 22.9 Å². The number of nitrogens with zero attached hydrogens (tertiary/aromatic N) is 5. The molecule has 0 bridgehead atoms. The van der Waals surface area contributed by atoms with Gasteiger partial charge in [-0.05, 0) is 66.6 Å². The molecule has 0 spiro atoms. The van der Waals surface area contributed by atoms with Gasteiger partial charge in [0.15, 0.2) is 5.13 Å². The fraction of sp³-hybridized carbons (Fsp3) is 0.276. The van der Waals surface area contributed by atoms with E-state index in [0.717, 1.165) is 68.1 Å². The van der Waals surface area contributed by atoms with E-state index in [0.29, 0.717) is 5.02 Å². The Morgan fingerprint density at radius 2 is 1.92 bits per heavy atom. The Kier molecular flexibility index (Phi) is 6.34. The number of fused-ring (bicyclic) bond motifs is 2. The molecule has 1 N–H and O–H groups in total. The van der Waals surface area contributed by atoms with Crippen LogP contribution in [0.5, 0.6) is 0 Å². The number of carboxylic acids is 1. The van der Waals surface area contributed by atoms with Crippen molar-refractivity contribution in [1.29, 1.82) is 0 Å². The number of halogens is 1. The fourth-order valence-corrected chi connectivity index (χ4v) is 6.76. The van der Waals surface area contributed by atoms with Crippen molar-refractivity contribution in [3.8, 4) is 11.1 Å². The second-order valence-electron chi connectivity index (χ2n) is 10.00. The number of carboxylic acid groups (broad SMARTS) is 1. The molecule has 194 valence electrons. The van der Waals surface area contributed by atoms with Crippen LogP contribution in [0.4, 0.5) is 5.13 Å². The first-order valence-corrected chi connectivity index (χ1v) is 13.8. The number of rotatable bonds is 5. The van der Waals surface area contributed by atoms with Crippen LogP contribution in [0, 0.1) is 6.92 Å². The van der Waals surface area contributed by atoms with Gasteiger partial charge in [0.2, 0.25) is 0 Å². The molecule has 1 atom stereocenters. The Balaban J connectivity index is 1.41. The summed E-state index contributed by atoms with van der Waals surface area (Å²) in [4.78, 5) is 21.6. The standard InChI is InChI=1S/C29H28ClN5O2S/c1-17-12-23-28(27(22(17)14-26(36)37)18-4-7-21(30)8-5-18)38-29(32-23)35-11-10-33(2)25(16-35)19-6-9-24-20(13-19)15-31-34(24)3/h4-9,12-13,15,25H,10-11,14,16H2,1-3H3,(H,36,37)/t25-/m1/s1. The highest BCUT2D eigenvalue weighted by molar-refractivity contribution is 7.22. The minimum Gasteiger partial charge on any atom is -0.481 e. The number of likely N-dealkylation sites (N-methyl/N-ethyl adjacent to an activating group) is 1. The minimum atomic E-state index is -0.847. The molecule has 0 aliphatic carbocycles. The summed E-state index contributed by atoms with van der Waals surface area (Å²) >= 11 is 7.81. The maximum absolute atomic E-state index is 11.8. The lowest BCUT2D eigenvalue weighted by molar-refractivity contribution is -0.136. The Labute approximate surface area is 229 Å². The molecule has 6 rings (SSSR count). The first-order valence-electron chi connectivity index (χ1n) is 12.6. The summed E-state index contributed by atoms with van der Waals surface area (Å²) in [6.07, 6.45) is 1.88. The van der Waals surface area contributed by atoms with Crippen molar-refractivity contribution in [3.05, 3.63) is 76.4 Å². The van der Waals surface area contributed by atoms with E-state index < -0.39 is 5.97 Å². The SMILES string of the molecule is Cc1cc2nc(N3CCN(C)[C@@H](c4ccc5c(cnn5C)c4)C3)sc2c(-c2ccc(Cl)cc2)c1CC(=O)O. The van der Waals surface area contributed by atoms with Crippen molar-refractivity contribution in [2.24, 2.45) is 7.05 Å². The summed E-state index contributed by atoms with van der Waals surface area (Å²) in [6, 6.07) is 16.5. The van der Waals surface area contributed by atoms with E-state index in [1.807, 2.05) is 55.2 Å². The summed E-state index contributed by atoms with van der Waals surface area (Å²) < 4.78 is 2.91. The summed E-state index contributed by atoms with van der Waals surface area (Å²) in [5, 5.41) is 16.8. The number of aromatic nitrogens is 3. The van der Waals surface area contributed by atoms with Gasteiger partial charge in [0.05, 0.1) is 34.4 Å². The van der Waals surface area contributed by atoms with Crippen molar-refractivity contribution in [2.75, 3.05) is 31.6 Å². The minimum absolute atomic E-state index is 0.0413. The normalized spacial score (nSPS) is 16.5. The van der Waals surface area contributed by atoms with Gasteiger partial charge in [-0.25, -0.2) is 4.98 Å². The number of piperazine rings is 1. The third-order valence-corrected chi connectivity index (χ3v) is 8.94. The summed E-state index contributed by atoms with van der Waals surface area (Å²) in [5.74, 6) is -0.847. The fourth-order valence-electron chi connectivity index (χ4n) is 5.46. The molecule has 0 radical (unpaired) electrons. The third kappa shape index (κ3) is 4.42. The van der Waals surface area contributed by atoms with Gasteiger partial charge in [-0.1, -0.05) is 41.1 Å². The highest BCUT2D eigenvalue weighted by atomic mass is 35.5. The van der Waals surface area contributed by atoms with Gasteiger partial charge in [-0.15, -0.1) is 0 Å². The number of aryl methyl sites for hydroxylation is 2. The molecule has 0 amide bonds. The number of hydrogen-bond acceptors (Lipinski definition) is 6. The van der Waals surface area contributed by atoms with Gasteiger partial charge >= 0.3 is 5.97 Å². The second kappa shape index (κ2) is 9.69. The molecule has 1 aliphatic rings. The largest absolute Gasteiger partial charge is 0.481 e. The summed E-state index contributed by atoms with van der Waals surface area (Å²) in [5.41, 5.74) is 6.93. The average Bonchev–Trinajstić information content (AvgIpc) is 3.48. The van der Waals surface area contributed by atoms with E-state index in [1.165, 1.54) is 5.56 Å². The van der Waals surface area contributed by atoms with Gasteiger partial charge in [0, 0.05) is 42.7 Å². The van der Waals surface area contributed by atoms with Gasteiger partial charge in [-0.3, -0.25) is 14.4 Å². The van der Waals surface area contributed by atoms with Crippen molar-refractivity contribution in [2.45, 2.75) is 19.4 Å². The van der Waals surface area contributed by atoms with E-state index in [1.54, 1.807) is 11.3 Å². The number of thiazole rings is 1. The predicted octanol–water partition coefficient (Wildman–Crippen LogP) is 5.93. The van der Waals surface area contributed by atoms with Crippen LogP contribution in [0.1, 0.15) is 22.7 Å². The lowest BCUT2D eigenvalue weighted by atomic mass is 9.93. The van der Waals surface area contributed by atoms with Crippen LogP contribution in [0.25, 0.3) is 32.2 Å². The molecule has 1 saturated heterocycles. The second-order valence-corrected chi connectivity index (χ2v) is 11.4. The molecule has 0 saturated carbocycles. The molecule has 5 aromatic rings. The van der Waals surface area contributed by atoms with Crippen molar-refractivity contribution in [3.63, 3.8) is 0 Å². The molecule has 9 heteroatoms. The Morgan fingerprint density at radius 1 is 1.13 bits per heavy atom. The van der Waals surface area contributed by atoms with Gasteiger partial charge < -0.3 is 10.0 Å². The zero-order valence-electron chi connectivity index (χ0n) is 21.5. The van der Waals surface area contributed by atoms with Crippen molar-refractivity contribution >= 4 is 55.2 Å². The molecular formula is C29H28ClN5O2S. The molecule has 38 heavy (non-hydrogen) atoms. The van der Waals surface area contributed by atoms with E-state index in [-0.39, 0.29) is 12.5 Å². The molecule has 7 nitrogen and oxygen atoms in total. The zero-order valence-corrected chi connectivity index (χ0v) is 23.1. The van der Waals surface area contributed by atoms with Crippen molar-refractivity contribution in [1.82, 2.24) is 19.7 Å². The van der Waals surface area contributed by atoms with Crippen LogP contribution < -0.4 is 4.90 Å². The van der Waals surface area contributed by atoms with E-state index in [9.17, 15) is 9.90 Å². The van der Waals surface area contributed by atoms with Crippen LogP contribution in [0.3, 0.4) is 0 Å². The monoisotopic (exact) mass is 545 g/mol. The van der Waals surface area contributed by atoms with Gasteiger partial charge in [0.1, 0.15) is 0 Å². The molecule has 1 aliphatic heterocycles. The van der Waals surface area contributed by atoms with Gasteiger partial charge in [-0.2, -0.15) is 5.10 Å². The lowest BCUT2D eigenvalue weighted by Crippen LogP contribution is -2.46. The molecule has 3 aromatic carbocycles. The highest BCUT2D eigenvalue weighted by Gasteiger charge is 2.29. The van der Waals surface area contributed by atoms with Crippen molar-refractivity contribution < 1.29 is 9.90 Å². The van der Waals surface area contributed by atoms with Crippen LogP contribution in [0.15, 0.2) is 54.7 Å². The highest BCUT2D eigenvalue weighted by Crippen LogP contribution is 2.42.